The molecule has 0 saturated heterocycles. The number of aliphatic carboxylic acids is 1. The van der Waals surface area contributed by atoms with Crippen LogP contribution in [0.3, 0.4) is 0 Å². The number of urea groups is 1. The highest BCUT2D eigenvalue weighted by Gasteiger charge is 2.38. The number of carbonyl (C=O) groups excluding carboxylic acids is 1. The van der Waals surface area contributed by atoms with Crippen molar-refractivity contribution < 1.29 is 14.7 Å². The fraction of sp³-hybridized carbons (Fsp3) is 0.600. The predicted octanol–water partition coefficient (Wildman–Crippen LogP) is -0.286. The molecular weight excluding hydrogens is 238 g/mol. The number of carboxylic acids is 1. The first-order valence-electron chi connectivity index (χ1n) is 5.64. The van der Waals surface area contributed by atoms with Gasteiger partial charge in [0.25, 0.3) is 0 Å². The Morgan fingerprint density at radius 3 is 2.89 bits per heavy atom. The van der Waals surface area contributed by atoms with Crippen LogP contribution in [0.1, 0.15) is 25.5 Å². The molecule has 18 heavy (non-hydrogen) atoms. The third-order valence-corrected chi connectivity index (χ3v) is 2.73. The number of amides is 2. The minimum absolute atomic E-state index is 0.0645. The number of nitrogens with zero attached hydrogens (tertiary/aromatic N) is 3. The van der Waals surface area contributed by atoms with E-state index in [0.717, 1.165) is 12.8 Å². The molecule has 1 aliphatic rings. The Bertz CT molecular complexity index is 466. The molecule has 0 bridgehead atoms. The molecule has 1 heterocycles. The van der Waals surface area contributed by atoms with Crippen LogP contribution in [0, 0.1) is 0 Å². The first-order chi connectivity index (χ1) is 8.47. The van der Waals surface area contributed by atoms with Gasteiger partial charge >= 0.3 is 12.0 Å². The van der Waals surface area contributed by atoms with E-state index in [1.54, 1.807) is 0 Å². The van der Waals surface area contributed by atoms with Gasteiger partial charge < -0.3 is 15.7 Å². The highest BCUT2D eigenvalue weighted by molar-refractivity contribution is 5.75. The van der Waals surface area contributed by atoms with Crippen molar-refractivity contribution in [2.24, 2.45) is 0 Å². The van der Waals surface area contributed by atoms with Gasteiger partial charge in [0, 0.05) is 5.54 Å². The van der Waals surface area contributed by atoms with Gasteiger partial charge in [0.15, 0.2) is 0 Å². The largest absolute Gasteiger partial charge is 0.480 e. The molecule has 98 valence electrons. The number of carboxylic acid groups (broad SMARTS) is 1. The highest BCUT2D eigenvalue weighted by Crippen LogP contribution is 2.33. The molecule has 0 atom stereocenters. The van der Waals surface area contributed by atoms with Crippen molar-refractivity contribution in [2.45, 2.75) is 38.4 Å². The van der Waals surface area contributed by atoms with Crippen molar-refractivity contribution >= 4 is 12.0 Å². The molecule has 0 unspecified atom stereocenters. The maximum atomic E-state index is 11.5. The van der Waals surface area contributed by atoms with E-state index in [4.69, 9.17) is 5.11 Å². The zero-order chi connectivity index (χ0) is 13.2. The van der Waals surface area contributed by atoms with E-state index < -0.39 is 5.97 Å². The smallest absolute Gasteiger partial charge is 0.325 e. The lowest BCUT2D eigenvalue weighted by atomic mass is 10.3. The van der Waals surface area contributed by atoms with Crippen LogP contribution in [0.5, 0.6) is 0 Å². The van der Waals surface area contributed by atoms with Crippen LogP contribution in [0.4, 0.5) is 4.79 Å². The molecule has 0 radical (unpaired) electrons. The third kappa shape index (κ3) is 3.44. The molecule has 8 nitrogen and oxygen atoms in total. The van der Waals surface area contributed by atoms with Crippen molar-refractivity contribution in [3.63, 3.8) is 0 Å². The van der Waals surface area contributed by atoms with Gasteiger partial charge in [-0.05, 0) is 19.8 Å². The van der Waals surface area contributed by atoms with Crippen LogP contribution < -0.4 is 10.6 Å². The summed E-state index contributed by atoms with van der Waals surface area (Å²) >= 11 is 0. The van der Waals surface area contributed by atoms with Crippen LogP contribution in [-0.4, -0.2) is 37.6 Å². The van der Waals surface area contributed by atoms with E-state index >= 15 is 0 Å². The molecule has 8 heteroatoms. The number of hydrogen-bond acceptors (Lipinski definition) is 4. The second kappa shape index (κ2) is 4.63. The van der Waals surface area contributed by atoms with E-state index in [0.29, 0.717) is 5.69 Å². The van der Waals surface area contributed by atoms with E-state index in [1.807, 2.05) is 6.92 Å². The summed E-state index contributed by atoms with van der Waals surface area (Å²) in [5.41, 5.74) is 0.456. The Morgan fingerprint density at radius 1 is 1.56 bits per heavy atom. The van der Waals surface area contributed by atoms with Gasteiger partial charge in [-0.2, -0.15) is 0 Å². The van der Waals surface area contributed by atoms with E-state index in [-0.39, 0.29) is 24.7 Å². The van der Waals surface area contributed by atoms with Gasteiger partial charge in [-0.3, -0.25) is 4.79 Å². The van der Waals surface area contributed by atoms with Crippen LogP contribution >= 0.6 is 0 Å². The minimum atomic E-state index is -0.987. The molecule has 0 spiro atoms. The summed E-state index contributed by atoms with van der Waals surface area (Å²) in [4.78, 5) is 21.9. The molecule has 0 aromatic carbocycles. The highest BCUT2D eigenvalue weighted by atomic mass is 16.4. The second-order valence-corrected chi connectivity index (χ2v) is 4.67. The molecule has 2 rings (SSSR count). The summed E-state index contributed by atoms with van der Waals surface area (Å²) in [5.74, 6) is -0.987. The predicted molar refractivity (Wildman–Crippen MR) is 60.7 cm³/mol. The fourth-order valence-electron chi connectivity index (χ4n) is 1.44. The molecule has 1 aromatic heterocycles. The quantitative estimate of drug-likeness (QED) is 0.668. The lowest BCUT2D eigenvalue weighted by Crippen LogP contribution is -2.41. The molecule has 1 aromatic rings. The Morgan fingerprint density at radius 2 is 2.28 bits per heavy atom. The zero-order valence-electron chi connectivity index (χ0n) is 10.0. The number of hydrogen-bond donors (Lipinski definition) is 3. The van der Waals surface area contributed by atoms with Gasteiger partial charge in [-0.15, -0.1) is 5.10 Å². The molecule has 2 amide bonds. The summed E-state index contributed by atoms with van der Waals surface area (Å²) in [6, 6.07) is -0.247. The third-order valence-electron chi connectivity index (χ3n) is 2.73. The van der Waals surface area contributed by atoms with Crippen molar-refractivity contribution in [2.75, 3.05) is 0 Å². The van der Waals surface area contributed by atoms with Gasteiger partial charge in [0.05, 0.1) is 12.7 Å². The van der Waals surface area contributed by atoms with Crippen LogP contribution in [0.15, 0.2) is 6.20 Å². The SMILES string of the molecule is CC1(NC(=O)NCc2cn(CC(=O)O)nn2)CC1. The van der Waals surface area contributed by atoms with Crippen LogP contribution in [-0.2, 0) is 17.9 Å². The van der Waals surface area contributed by atoms with Crippen molar-refractivity contribution in [3.05, 3.63) is 11.9 Å². The van der Waals surface area contributed by atoms with Crippen molar-refractivity contribution in [1.82, 2.24) is 25.6 Å². The number of carbonyl (C=O) groups is 2. The molecule has 1 saturated carbocycles. The summed E-state index contributed by atoms with van der Waals surface area (Å²) < 4.78 is 1.21. The van der Waals surface area contributed by atoms with Crippen LogP contribution in [0.2, 0.25) is 0 Å². The molecule has 1 fully saturated rings. The Labute approximate surface area is 103 Å². The van der Waals surface area contributed by atoms with E-state index in [9.17, 15) is 9.59 Å². The average molecular weight is 253 g/mol. The molecule has 1 aliphatic carbocycles. The van der Waals surface area contributed by atoms with Gasteiger partial charge in [-0.25, -0.2) is 9.48 Å². The summed E-state index contributed by atoms with van der Waals surface area (Å²) in [6.07, 6.45) is 3.48. The fourth-order valence-corrected chi connectivity index (χ4v) is 1.44. The Balaban J connectivity index is 1.77. The first kappa shape index (κ1) is 12.3. The summed E-state index contributed by atoms with van der Waals surface area (Å²) in [5, 5.41) is 21.4. The maximum absolute atomic E-state index is 11.5. The van der Waals surface area contributed by atoms with Crippen molar-refractivity contribution in [3.8, 4) is 0 Å². The minimum Gasteiger partial charge on any atom is -0.480 e. The Kier molecular flexibility index (Phi) is 3.17. The van der Waals surface area contributed by atoms with Crippen LogP contribution in [0.25, 0.3) is 0 Å². The lowest BCUT2D eigenvalue weighted by molar-refractivity contribution is -0.137. The second-order valence-electron chi connectivity index (χ2n) is 4.67. The van der Waals surface area contributed by atoms with Gasteiger partial charge in [0.2, 0.25) is 0 Å². The first-order valence-corrected chi connectivity index (χ1v) is 5.64. The van der Waals surface area contributed by atoms with E-state index in [1.165, 1.54) is 10.9 Å². The normalized spacial score (nSPS) is 16.1. The number of nitrogens with one attached hydrogen (secondary N) is 2. The standard InChI is InChI=1S/C10H15N5O3/c1-10(2-3-10)12-9(18)11-4-7-5-15(14-13-7)6-8(16)17/h5H,2-4,6H2,1H3,(H,16,17)(H2,11,12,18). The molecule has 0 aliphatic heterocycles. The van der Waals surface area contributed by atoms with Gasteiger partial charge in [0.1, 0.15) is 12.2 Å². The average Bonchev–Trinajstić information content (AvgIpc) is 2.83. The number of aromatic nitrogens is 3. The number of rotatable bonds is 5. The molecule has 3 N–H and O–H groups in total. The monoisotopic (exact) mass is 253 g/mol. The summed E-state index contributed by atoms with van der Waals surface area (Å²) in [7, 11) is 0. The maximum Gasteiger partial charge on any atom is 0.325 e. The van der Waals surface area contributed by atoms with Gasteiger partial charge in [-0.1, -0.05) is 5.21 Å². The van der Waals surface area contributed by atoms with Crippen molar-refractivity contribution in [1.29, 1.82) is 0 Å². The topological polar surface area (TPSA) is 109 Å². The lowest BCUT2D eigenvalue weighted by Gasteiger charge is -2.11. The van der Waals surface area contributed by atoms with E-state index in [2.05, 4.69) is 20.9 Å². The zero-order valence-corrected chi connectivity index (χ0v) is 10.0. The Hall–Kier alpha value is -2.12. The summed E-state index contributed by atoms with van der Waals surface area (Å²) in [6.45, 7) is 1.97. The molecular formula is C10H15N5O3.